The normalized spacial score (nSPS) is 13.3. The fourth-order valence-electron chi connectivity index (χ4n) is 2.32. The number of nitrogens with one attached hydrogen (secondary N) is 2. The summed E-state index contributed by atoms with van der Waals surface area (Å²) in [6.07, 6.45) is 2.10. The third-order valence-electron chi connectivity index (χ3n) is 3.52. The predicted molar refractivity (Wildman–Crippen MR) is 94.4 cm³/mol. The Balaban J connectivity index is 2.50. The van der Waals surface area contributed by atoms with Gasteiger partial charge in [-0.05, 0) is 36.8 Å². The molecule has 1 rings (SSSR count). The zero-order valence-corrected chi connectivity index (χ0v) is 14.6. The van der Waals surface area contributed by atoms with Crippen molar-refractivity contribution in [2.45, 2.75) is 39.7 Å². The molecule has 0 fully saturated rings. The average Bonchev–Trinajstić information content (AvgIpc) is 2.50. The Morgan fingerprint density at radius 3 is 2.41 bits per heavy atom. The minimum absolute atomic E-state index is 0.224. The van der Waals surface area contributed by atoms with Crippen molar-refractivity contribution in [3.05, 3.63) is 35.4 Å². The highest BCUT2D eigenvalue weighted by atomic mass is 16.5. The summed E-state index contributed by atoms with van der Waals surface area (Å²) in [6, 6.07) is 9.08. The molecule has 0 aromatic heterocycles. The van der Waals surface area contributed by atoms with E-state index in [-0.39, 0.29) is 6.04 Å². The van der Waals surface area contributed by atoms with E-state index in [1.54, 1.807) is 14.2 Å². The smallest absolute Gasteiger partial charge is 0.191 e. The SMILES string of the molecule is CN=C(NCCCOC)NC(C)c1ccc(CC(C)C)cc1. The van der Waals surface area contributed by atoms with Gasteiger partial charge in [-0.2, -0.15) is 0 Å². The maximum absolute atomic E-state index is 5.05. The molecular formula is C18H31N3O. The molecule has 0 bridgehead atoms. The lowest BCUT2D eigenvalue weighted by atomic mass is 10.00. The van der Waals surface area contributed by atoms with E-state index < -0.39 is 0 Å². The van der Waals surface area contributed by atoms with E-state index in [0.717, 1.165) is 32.0 Å². The fraction of sp³-hybridized carbons (Fsp3) is 0.611. The standard InChI is InChI=1S/C18H31N3O/c1-14(2)13-16-7-9-17(10-8-16)15(3)21-18(19-4)20-11-6-12-22-5/h7-10,14-15H,6,11-13H2,1-5H3,(H2,19,20,21). The topological polar surface area (TPSA) is 45.7 Å². The number of aliphatic imine (C=N–C) groups is 1. The molecule has 0 saturated carbocycles. The van der Waals surface area contributed by atoms with Crippen LogP contribution in [-0.2, 0) is 11.2 Å². The molecule has 124 valence electrons. The Morgan fingerprint density at radius 1 is 1.18 bits per heavy atom. The largest absolute Gasteiger partial charge is 0.385 e. The molecule has 0 spiro atoms. The van der Waals surface area contributed by atoms with Crippen molar-refractivity contribution in [1.29, 1.82) is 0 Å². The van der Waals surface area contributed by atoms with Crippen LogP contribution in [0.2, 0.25) is 0 Å². The maximum Gasteiger partial charge on any atom is 0.191 e. The third kappa shape index (κ3) is 6.94. The highest BCUT2D eigenvalue weighted by molar-refractivity contribution is 5.80. The lowest BCUT2D eigenvalue weighted by Gasteiger charge is -2.18. The Bertz CT molecular complexity index is 440. The number of ether oxygens (including phenoxy) is 1. The number of hydrogen-bond donors (Lipinski definition) is 2. The van der Waals surface area contributed by atoms with Crippen molar-refractivity contribution < 1.29 is 4.74 Å². The van der Waals surface area contributed by atoms with E-state index in [4.69, 9.17) is 4.74 Å². The van der Waals surface area contributed by atoms with Crippen molar-refractivity contribution in [1.82, 2.24) is 10.6 Å². The van der Waals surface area contributed by atoms with Gasteiger partial charge in [0.25, 0.3) is 0 Å². The Morgan fingerprint density at radius 2 is 1.86 bits per heavy atom. The van der Waals surface area contributed by atoms with Crippen LogP contribution in [0.15, 0.2) is 29.3 Å². The number of methoxy groups -OCH3 is 1. The predicted octanol–water partition coefficient (Wildman–Crippen LogP) is 3.15. The van der Waals surface area contributed by atoms with Crippen molar-refractivity contribution in [2.24, 2.45) is 10.9 Å². The Kier molecular flexibility index (Phi) is 8.60. The minimum Gasteiger partial charge on any atom is -0.385 e. The first-order valence-corrected chi connectivity index (χ1v) is 8.11. The first kappa shape index (κ1) is 18.5. The molecule has 1 aromatic rings. The zero-order chi connectivity index (χ0) is 16.4. The summed E-state index contributed by atoms with van der Waals surface area (Å²) in [4.78, 5) is 4.26. The van der Waals surface area contributed by atoms with Crippen LogP contribution in [0.5, 0.6) is 0 Å². The van der Waals surface area contributed by atoms with Crippen LogP contribution in [0.25, 0.3) is 0 Å². The van der Waals surface area contributed by atoms with Crippen LogP contribution >= 0.6 is 0 Å². The summed E-state index contributed by atoms with van der Waals surface area (Å²) in [5, 5.41) is 6.72. The molecule has 0 aliphatic rings. The number of rotatable bonds is 8. The van der Waals surface area contributed by atoms with Crippen molar-refractivity contribution in [2.75, 3.05) is 27.3 Å². The number of guanidine groups is 1. The van der Waals surface area contributed by atoms with Crippen LogP contribution in [0.4, 0.5) is 0 Å². The number of benzene rings is 1. The lowest BCUT2D eigenvalue weighted by Crippen LogP contribution is -2.39. The van der Waals surface area contributed by atoms with Gasteiger partial charge >= 0.3 is 0 Å². The highest BCUT2D eigenvalue weighted by Crippen LogP contribution is 2.15. The summed E-state index contributed by atoms with van der Waals surface area (Å²) in [7, 11) is 3.52. The van der Waals surface area contributed by atoms with E-state index in [0.29, 0.717) is 5.92 Å². The molecule has 22 heavy (non-hydrogen) atoms. The monoisotopic (exact) mass is 305 g/mol. The zero-order valence-electron chi connectivity index (χ0n) is 14.6. The third-order valence-corrected chi connectivity index (χ3v) is 3.52. The molecule has 0 amide bonds. The fourth-order valence-corrected chi connectivity index (χ4v) is 2.32. The molecule has 1 unspecified atom stereocenters. The second kappa shape index (κ2) is 10.2. The van der Waals surface area contributed by atoms with Gasteiger partial charge in [-0.15, -0.1) is 0 Å². The Labute approximate surface area is 135 Å². The van der Waals surface area contributed by atoms with Gasteiger partial charge in [0, 0.05) is 27.3 Å². The van der Waals surface area contributed by atoms with Crippen LogP contribution in [-0.4, -0.2) is 33.3 Å². The van der Waals surface area contributed by atoms with Gasteiger partial charge in [-0.1, -0.05) is 38.1 Å². The molecule has 0 aliphatic carbocycles. The van der Waals surface area contributed by atoms with Gasteiger partial charge in [0.05, 0.1) is 6.04 Å². The van der Waals surface area contributed by atoms with Crippen molar-refractivity contribution >= 4 is 5.96 Å². The quantitative estimate of drug-likeness (QED) is 0.440. The summed E-state index contributed by atoms with van der Waals surface area (Å²) < 4.78 is 5.05. The van der Waals surface area contributed by atoms with E-state index in [1.807, 2.05) is 0 Å². The second-order valence-electron chi connectivity index (χ2n) is 6.05. The summed E-state index contributed by atoms with van der Waals surface area (Å²) in [5.74, 6) is 1.52. The first-order chi connectivity index (χ1) is 10.6. The molecule has 4 nitrogen and oxygen atoms in total. The van der Waals surface area contributed by atoms with Gasteiger partial charge in [0.1, 0.15) is 0 Å². The summed E-state index contributed by atoms with van der Waals surface area (Å²) in [5.41, 5.74) is 2.67. The lowest BCUT2D eigenvalue weighted by molar-refractivity contribution is 0.195. The molecule has 0 saturated heterocycles. The molecule has 1 atom stereocenters. The Hall–Kier alpha value is -1.55. The number of nitrogens with zero attached hydrogens (tertiary/aromatic N) is 1. The maximum atomic E-state index is 5.05. The molecule has 0 radical (unpaired) electrons. The molecule has 1 aromatic carbocycles. The molecule has 2 N–H and O–H groups in total. The van der Waals surface area contributed by atoms with Crippen LogP contribution in [0.1, 0.15) is 44.4 Å². The van der Waals surface area contributed by atoms with Crippen molar-refractivity contribution in [3.63, 3.8) is 0 Å². The molecule has 4 heteroatoms. The second-order valence-corrected chi connectivity index (χ2v) is 6.05. The van der Waals surface area contributed by atoms with Crippen LogP contribution in [0, 0.1) is 5.92 Å². The average molecular weight is 305 g/mol. The van der Waals surface area contributed by atoms with Gasteiger partial charge in [-0.25, -0.2) is 0 Å². The summed E-state index contributed by atoms with van der Waals surface area (Å²) >= 11 is 0. The highest BCUT2D eigenvalue weighted by Gasteiger charge is 2.08. The van der Waals surface area contributed by atoms with Crippen LogP contribution < -0.4 is 10.6 Å². The van der Waals surface area contributed by atoms with E-state index in [9.17, 15) is 0 Å². The van der Waals surface area contributed by atoms with Gasteiger partial charge < -0.3 is 15.4 Å². The molecule has 0 aliphatic heterocycles. The number of hydrogen-bond acceptors (Lipinski definition) is 2. The van der Waals surface area contributed by atoms with Gasteiger partial charge in [0.2, 0.25) is 0 Å². The van der Waals surface area contributed by atoms with E-state index in [1.165, 1.54) is 11.1 Å². The molecule has 0 heterocycles. The first-order valence-electron chi connectivity index (χ1n) is 8.11. The minimum atomic E-state index is 0.224. The van der Waals surface area contributed by atoms with E-state index >= 15 is 0 Å². The van der Waals surface area contributed by atoms with Crippen molar-refractivity contribution in [3.8, 4) is 0 Å². The molecular weight excluding hydrogens is 274 g/mol. The van der Waals surface area contributed by atoms with Crippen LogP contribution in [0.3, 0.4) is 0 Å². The van der Waals surface area contributed by atoms with Gasteiger partial charge in [-0.3, -0.25) is 4.99 Å². The summed E-state index contributed by atoms with van der Waals surface area (Å²) in [6.45, 7) is 8.26. The van der Waals surface area contributed by atoms with E-state index in [2.05, 4.69) is 60.7 Å². The van der Waals surface area contributed by atoms with Gasteiger partial charge in [0.15, 0.2) is 5.96 Å².